The Bertz CT molecular complexity index is 1180. The summed E-state index contributed by atoms with van der Waals surface area (Å²) < 4.78 is 40.3. The van der Waals surface area contributed by atoms with E-state index in [0.29, 0.717) is 21.6 Å². The number of benzene rings is 1. The van der Waals surface area contributed by atoms with Gasteiger partial charge in [0.25, 0.3) is 0 Å². The molecule has 1 aromatic carbocycles. The summed E-state index contributed by atoms with van der Waals surface area (Å²) in [6, 6.07) is 8.69. The van der Waals surface area contributed by atoms with Crippen LogP contribution in [0.1, 0.15) is 16.1 Å². The van der Waals surface area contributed by atoms with E-state index in [1.54, 1.807) is 6.07 Å². The highest BCUT2D eigenvalue weighted by molar-refractivity contribution is 7.18. The molecule has 0 saturated heterocycles. The molecule has 4 rings (SSSR count). The van der Waals surface area contributed by atoms with Gasteiger partial charge < -0.3 is 0 Å². The van der Waals surface area contributed by atoms with Crippen molar-refractivity contribution in [3.8, 4) is 10.6 Å². The number of rotatable bonds is 3. The van der Waals surface area contributed by atoms with Crippen molar-refractivity contribution in [2.75, 3.05) is 0 Å². The number of aromatic nitrogens is 3. The van der Waals surface area contributed by atoms with Gasteiger partial charge in [-0.05, 0) is 36.1 Å². The Hall–Kier alpha value is -2.52. The molecule has 27 heavy (non-hydrogen) atoms. The molecule has 0 spiro atoms. The third-order valence-electron chi connectivity index (χ3n) is 3.97. The van der Waals surface area contributed by atoms with Crippen LogP contribution in [0.5, 0.6) is 0 Å². The molecule has 0 aliphatic rings. The van der Waals surface area contributed by atoms with Crippen molar-refractivity contribution in [3.63, 3.8) is 0 Å². The molecule has 0 amide bonds. The smallest absolute Gasteiger partial charge is 0.277 e. The molecule has 0 saturated carbocycles. The maximum atomic E-state index is 13.0. The Morgan fingerprint density at radius 1 is 1.15 bits per heavy atom. The molecule has 0 radical (unpaired) electrons. The van der Waals surface area contributed by atoms with Crippen LogP contribution in [0.2, 0.25) is 0 Å². The summed E-state index contributed by atoms with van der Waals surface area (Å²) in [5.41, 5.74) is 0.228. The number of hydrogen-bond donors (Lipinski definition) is 0. The van der Waals surface area contributed by atoms with Gasteiger partial charge in [0.2, 0.25) is 0 Å². The van der Waals surface area contributed by atoms with Crippen molar-refractivity contribution < 1.29 is 13.2 Å². The van der Waals surface area contributed by atoms with Crippen LogP contribution in [-0.2, 0) is 12.7 Å². The third-order valence-corrected chi connectivity index (χ3v) is 5.84. The highest BCUT2D eigenvalue weighted by Crippen LogP contribution is 2.32. The highest BCUT2D eigenvalue weighted by atomic mass is 32.1. The first kappa shape index (κ1) is 17.9. The normalized spacial score (nSPS) is 12.0. The lowest BCUT2D eigenvalue weighted by atomic mass is 10.1. The lowest BCUT2D eigenvalue weighted by molar-refractivity contribution is -0.137. The molecular weight excluding hydrogens is 395 g/mol. The topological polar surface area (TPSA) is 47.8 Å². The van der Waals surface area contributed by atoms with Crippen molar-refractivity contribution in [2.45, 2.75) is 19.6 Å². The fraction of sp³-hybridized carbons (Fsp3) is 0.167. The van der Waals surface area contributed by atoms with E-state index in [1.807, 2.05) is 24.4 Å². The summed E-state index contributed by atoms with van der Waals surface area (Å²) in [5, 5.41) is 2.64. The molecule has 9 heteroatoms. The molecule has 0 atom stereocenters. The Balaban J connectivity index is 1.85. The molecule has 4 aromatic rings. The molecular formula is C18H12F3N3OS2. The van der Waals surface area contributed by atoms with Crippen LogP contribution in [0.15, 0.2) is 46.6 Å². The van der Waals surface area contributed by atoms with Crippen LogP contribution in [-0.4, -0.2) is 14.5 Å². The van der Waals surface area contributed by atoms with Crippen molar-refractivity contribution in [3.05, 3.63) is 68.4 Å². The fourth-order valence-electron chi connectivity index (χ4n) is 2.80. The van der Waals surface area contributed by atoms with Gasteiger partial charge in [0, 0.05) is 0 Å². The van der Waals surface area contributed by atoms with E-state index in [0.717, 1.165) is 22.0 Å². The SMILES string of the molecule is Cc1nc2c(-c3cccs3)nc(=O)n(Cc3cccc(C(F)(F)F)c3)c2s1. The first-order chi connectivity index (χ1) is 12.8. The van der Waals surface area contributed by atoms with Crippen LogP contribution in [0.4, 0.5) is 13.2 Å². The van der Waals surface area contributed by atoms with Gasteiger partial charge >= 0.3 is 11.9 Å². The van der Waals surface area contributed by atoms with Crippen LogP contribution in [0.3, 0.4) is 0 Å². The van der Waals surface area contributed by atoms with Gasteiger partial charge in [0.15, 0.2) is 0 Å². The summed E-state index contributed by atoms with van der Waals surface area (Å²) in [5.74, 6) is 0. The van der Waals surface area contributed by atoms with Crippen molar-refractivity contribution in [1.29, 1.82) is 0 Å². The molecule has 0 unspecified atom stereocenters. The molecule has 0 aliphatic heterocycles. The summed E-state index contributed by atoms with van der Waals surface area (Å²) in [6.07, 6.45) is -4.43. The summed E-state index contributed by atoms with van der Waals surface area (Å²) in [7, 11) is 0. The van der Waals surface area contributed by atoms with Crippen molar-refractivity contribution in [1.82, 2.24) is 14.5 Å². The average molecular weight is 407 g/mol. The number of thiophene rings is 1. The second-order valence-electron chi connectivity index (χ2n) is 5.89. The molecule has 4 nitrogen and oxygen atoms in total. The van der Waals surface area contributed by atoms with E-state index in [-0.39, 0.29) is 6.54 Å². The van der Waals surface area contributed by atoms with E-state index in [4.69, 9.17) is 0 Å². The zero-order valence-corrected chi connectivity index (χ0v) is 15.6. The van der Waals surface area contributed by atoms with Crippen molar-refractivity contribution in [2.24, 2.45) is 0 Å². The Kier molecular flexibility index (Phi) is 4.35. The average Bonchev–Trinajstić information content (AvgIpc) is 3.26. The maximum absolute atomic E-state index is 13.0. The first-order valence-electron chi connectivity index (χ1n) is 7.91. The minimum atomic E-state index is -4.43. The monoisotopic (exact) mass is 407 g/mol. The lowest BCUT2D eigenvalue weighted by Crippen LogP contribution is -2.24. The number of thiazole rings is 1. The zero-order chi connectivity index (χ0) is 19.2. The van der Waals surface area contributed by atoms with Crippen LogP contribution < -0.4 is 5.69 Å². The Morgan fingerprint density at radius 3 is 2.67 bits per heavy atom. The van der Waals surface area contributed by atoms with Gasteiger partial charge in [-0.25, -0.2) is 9.78 Å². The number of nitrogens with zero attached hydrogens (tertiary/aromatic N) is 3. The van der Waals surface area contributed by atoms with Crippen LogP contribution >= 0.6 is 22.7 Å². The molecule has 138 valence electrons. The van der Waals surface area contributed by atoms with Gasteiger partial charge in [-0.1, -0.05) is 18.2 Å². The minimum Gasteiger partial charge on any atom is -0.277 e. The zero-order valence-electron chi connectivity index (χ0n) is 13.9. The third kappa shape index (κ3) is 3.40. The maximum Gasteiger partial charge on any atom is 0.416 e. The second kappa shape index (κ2) is 6.58. The van der Waals surface area contributed by atoms with Crippen LogP contribution in [0.25, 0.3) is 20.9 Å². The molecule has 3 aromatic heterocycles. The molecule has 0 bridgehead atoms. The summed E-state index contributed by atoms with van der Waals surface area (Å²) in [4.78, 5) is 22.7. The van der Waals surface area contributed by atoms with E-state index in [2.05, 4.69) is 9.97 Å². The second-order valence-corrected chi connectivity index (χ2v) is 8.02. The standard InChI is InChI=1S/C18H12F3N3OS2/c1-10-22-15-14(13-6-3-7-26-13)23-17(25)24(16(15)27-10)9-11-4-2-5-12(8-11)18(19,20)21/h2-8H,9H2,1H3. The van der Waals surface area contributed by atoms with Crippen molar-refractivity contribution >= 4 is 33.0 Å². The largest absolute Gasteiger partial charge is 0.416 e. The first-order valence-corrected chi connectivity index (χ1v) is 9.60. The van der Waals surface area contributed by atoms with Gasteiger partial charge in [0.05, 0.1) is 22.0 Å². The molecule has 0 aliphatic carbocycles. The quantitative estimate of drug-likeness (QED) is 0.482. The fourth-order valence-corrected chi connectivity index (χ4v) is 4.43. The minimum absolute atomic E-state index is 0.00138. The predicted octanol–water partition coefficient (Wildman–Crippen LogP) is 4.96. The molecule has 3 heterocycles. The summed E-state index contributed by atoms with van der Waals surface area (Å²) in [6.45, 7) is 1.82. The number of alkyl halides is 3. The highest BCUT2D eigenvalue weighted by Gasteiger charge is 2.30. The molecule has 0 fully saturated rings. The van der Waals surface area contributed by atoms with Gasteiger partial charge in [-0.3, -0.25) is 4.57 Å². The lowest BCUT2D eigenvalue weighted by Gasteiger charge is -2.11. The van der Waals surface area contributed by atoms with E-state index in [1.165, 1.54) is 33.3 Å². The Labute approximate surface area is 159 Å². The number of halogens is 3. The molecule has 0 N–H and O–H groups in total. The van der Waals surface area contributed by atoms with Gasteiger partial charge in [-0.2, -0.15) is 18.2 Å². The number of fused-ring (bicyclic) bond motifs is 1. The van der Waals surface area contributed by atoms with E-state index >= 15 is 0 Å². The van der Waals surface area contributed by atoms with Gasteiger partial charge in [0.1, 0.15) is 16.0 Å². The van der Waals surface area contributed by atoms with E-state index < -0.39 is 17.4 Å². The Morgan fingerprint density at radius 2 is 1.96 bits per heavy atom. The number of aryl methyl sites for hydroxylation is 1. The summed E-state index contributed by atoms with van der Waals surface area (Å²) >= 11 is 2.78. The van der Waals surface area contributed by atoms with Gasteiger partial charge in [-0.15, -0.1) is 22.7 Å². The predicted molar refractivity (Wildman–Crippen MR) is 100 cm³/mol. The van der Waals surface area contributed by atoms with Crippen LogP contribution in [0, 0.1) is 6.92 Å². The van der Waals surface area contributed by atoms with E-state index in [9.17, 15) is 18.0 Å². The number of hydrogen-bond acceptors (Lipinski definition) is 5.